The summed E-state index contributed by atoms with van der Waals surface area (Å²) >= 11 is 0. The van der Waals surface area contributed by atoms with Gasteiger partial charge >= 0.3 is 5.97 Å². The highest BCUT2D eigenvalue weighted by Crippen LogP contribution is 2.35. The third-order valence-electron chi connectivity index (χ3n) is 3.22. The van der Waals surface area contributed by atoms with Crippen molar-refractivity contribution in [3.05, 3.63) is 23.3 Å². The van der Waals surface area contributed by atoms with E-state index in [0.717, 1.165) is 29.0 Å². The molecule has 4 nitrogen and oxygen atoms in total. The van der Waals surface area contributed by atoms with Crippen molar-refractivity contribution in [3.63, 3.8) is 0 Å². The maximum atomic E-state index is 10.9. The smallest absolute Gasteiger partial charge is 0.306 e. The molecule has 1 heterocycles. The minimum Gasteiger partial charge on any atom is -0.490 e. The monoisotopic (exact) mass is 250 g/mol. The van der Waals surface area contributed by atoms with Crippen LogP contribution in [0.4, 0.5) is 0 Å². The number of hydrogen-bond acceptors (Lipinski definition) is 3. The first-order valence-electron chi connectivity index (χ1n) is 6.20. The summed E-state index contributed by atoms with van der Waals surface area (Å²) in [6.45, 7) is 4.98. The van der Waals surface area contributed by atoms with Crippen molar-refractivity contribution in [2.24, 2.45) is 5.92 Å². The zero-order valence-electron chi connectivity index (χ0n) is 10.7. The van der Waals surface area contributed by atoms with Crippen LogP contribution in [-0.2, 0) is 11.2 Å². The van der Waals surface area contributed by atoms with Gasteiger partial charge in [0.15, 0.2) is 11.5 Å². The zero-order chi connectivity index (χ0) is 13.1. The molecule has 0 spiro atoms. The summed E-state index contributed by atoms with van der Waals surface area (Å²) < 4.78 is 11.3. The van der Waals surface area contributed by atoms with Crippen LogP contribution in [0.2, 0.25) is 0 Å². The highest BCUT2D eigenvalue weighted by atomic mass is 16.5. The highest BCUT2D eigenvalue weighted by Gasteiger charge is 2.18. The van der Waals surface area contributed by atoms with Crippen LogP contribution in [0.1, 0.15) is 24.5 Å². The van der Waals surface area contributed by atoms with Crippen molar-refractivity contribution in [2.75, 3.05) is 13.2 Å². The van der Waals surface area contributed by atoms with E-state index in [1.54, 1.807) is 6.92 Å². The van der Waals surface area contributed by atoms with Gasteiger partial charge in [-0.15, -0.1) is 0 Å². The molecule has 0 aliphatic carbocycles. The number of carboxylic acid groups (broad SMARTS) is 1. The molecule has 98 valence electrons. The normalized spacial score (nSPS) is 15.9. The van der Waals surface area contributed by atoms with Crippen molar-refractivity contribution >= 4 is 5.97 Å². The molecular formula is C14H18O4. The number of benzene rings is 1. The summed E-state index contributed by atoms with van der Waals surface area (Å²) in [6, 6.07) is 3.81. The molecule has 4 heteroatoms. The Morgan fingerprint density at radius 3 is 2.83 bits per heavy atom. The average molecular weight is 250 g/mol. The lowest BCUT2D eigenvalue weighted by atomic mass is 9.96. The molecule has 18 heavy (non-hydrogen) atoms. The fourth-order valence-electron chi connectivity index (χ4n) is 2.05. The molecule has 0 fully saturated rings. The van der Waals surface area contributed by atoms with Crippen molar-refractivity contribution in [2.45, 2.75) is 26.7 Å². The molecule has 0 saturated carbocycles. The molecule has 1 unspecified atom stereocenters. The van der Waals surface area contributed by atoms with Crippen LogP contribution in [0.25, 0.3) is 0 Å². The first-order valence-corrected chi connectivity index (χ1v) is 6.20. The van der Waals surface area contributed by atoms with Gasteiger partial charge in [0.05, 0.1) is 19.1 Å². The molecule has 1 aromatic rings. The molecule has 0 aromatic heterocycles. The largest absolute Gasteiger partial charge is 0.490 e. The maximum Gasteiger partial charge on any atom is 0.306 e. The maximum absolute atomic E-state index is 10.9. The SMILES string of the molecule is Cc1c(CC(C)C(=O)O)ccc2c1OCCCO2. The van der Waals surface area contributed by atoms with Gasteiger partial charge in [0.1, 0.15) is 0 Å². The van der Waals surface area contributed by atoms with Crippen LogP contribution >= 0.6 is 0 Å². The predicted molar refractivity (Wildman–Crippen MR) is 67.3 cm³/mol. The van der Waals surface area contributed by atoms with E-state index in [1.165, 1.54) is 0 Å². The van der Waals surface area contributed by atoms with E-state index >= 15 is 0 Å². The van der Waals surface area contributed by atoms with E-state index < -0.39 is 11.9 Å². The van der Waals surface area contributed by atoms with Gasteiger partial charge in [0, 0.05) is 6.42 Å². The van der Waals surface area contributed by atoms with Crippen LogP contribution in [0.5, 0.6) is 11.5 Å². The van der Waals surface area contributed by atoms with Gasteiger partial charge in [0.25, 0.3) is 0 Å². The van der Waals surface area contributed by atoms with Crippen LogP contribution in [0, 0.1) is 12.8 Å². The molecule has 1 aromatic carbocycles. The quantitative estimate of drug-likeness (QED) is 0.895. The van der Waals surface area contributed by atoms with Gasteiger partial charge < -0.3 is 14.6 Å². The molecule has 1 atom stereocenters. The van der Waals surface area contributed by atoms with Crippen molar-refractivity contribution in [1.29, 1.82) is 0 Å². The second-order valence-electron chi connectivity index (χ2n) is 4.67. The lowest BCUT2D eigenvalue weighted by Crippen LogP contribution is -2.13. The molecule has 1 aliphatic rings. The van der Waals surface area contributed by atoms with E-state index in [-0.39, 0.29) is 0 Å². The Bertz CT molecular complexity index is 453. The van der Waals surface area contributed by atoms with E-state index in [2.05, 4.69) is 0 Å². The second-order valence-corrected chi connectivity index (χ2v) is 4.67. The van der Waals surface area contributed by atoms with Crippen LogP contribution < -0.4 is 9.47 Å². The Labute approximate surface area is 107 Å². The number of hydrogen-bond donors (Lipinski definition) is 1. The van der Waals surface area contributed by atoms with Gasteiger partial charge in [-0.3, -0.25) is 4.79 Å². The molecule has 0 amide bonds. The number of fused-ring (bicyclic) bond motifs is 1. The summed E-state index contributed by atoms with van der Waals surface area (Å²) in [5.41, 5.74) is 2.00. The molecule has 0 bridgehead atoms. The topological polar surface area (TPSA) is 55.8 Å². The summed E-state index contributed by atoms with van der Waals surface area (Å²) in [5, 5.41) is 8.96. The van der Waals surface area contributed by atoms with Crippen LogP contribution in [-0.4, -0.2) is 24.3 Å². The van der Waals surface area contributed by atoms with Gasteiger partial charge in [-0.1, -0.05) is 13.0 Å². The van der Waals surface area contributed by atoms with E-state index in [1.807, 2.05) is 19.1 Å². The first kappa shape index (κ1) is 12.7. The molecule has 1 N–H and O–H groups in total. The number of carbonyl (C=O) groups is 1. The minimum absolute atomic E-state index is 0.395. The van der Waals surface area contributed by atoms with Crippen LogP contribution in [0.15, 0.2) is 12.1 Å². The molecule has 0 radical (unpaired) electrons. The lowest BCUT2D eigenvalue weighted by molar-refractivity contribution is -0.141. The second kappa shape index (κ2) is 5.29. The zero-order valence-corrected chi connectivity index (χ0v) is 10.7. The third-order valence-corrected chi connectivity index (χ3v) is 3.22. The predicted octanol–water partition coefficient (Wildman–Crippen LogP) is 2.42. The Hall–Kier alpha value is -1.71. The van der Waals surface area contributed by atoms with Gasteiger partial charge in [0.2, 0.25) is 0 Å². The first-order chi connectivity index (χ1) is 8.59. The number of aliphatic carboxylic acids is 1. The summed E-state index contributed by atoms with van der Waals surface area (Å²) in [5.74, 6) is 0.356. The van der Waals surface area contributed by atoms with Gasteiger partial charge in [-0.2, -0.15) is 0 Å². The van der Waals surface area contributed by atoms with Gasteiger partial charge in [-0.25, -0.2) is 0 Å². The Balaban J connectivity index is 2.28. The van der Waals surface area contributed by atoms with Gasteiger partial charge in [-0.05, 0) is 30.5 Å². The third kappa shape index (κ3) is 2.58. The lowest BCUT2D eigenvalue weighted by Gasteiger charge is -2.15. The fourth-order valence-corrected chi connectivity index (χ4v) is 2.05. The average Bonchev–Trinajstić information content (AvgIpc) is 2.58. The summed E-state index contributed by atoms with van der Waals surface area (Å²) in [7, 11) is 0. The highest BCUT2D eigenvalue weighted by molar-refractivity contribution is 5.70. The van der Waals surface area contributed by atoms with Crippen LogP contribution in [0.3, 0.4) is 0 Å². The summed E-state index contributed by atoms with van der Waals surface area (Å²) in [6.07, 6.45) is 1.38. The Morgan fingerprint density at radius 1 is 1.39 bits per heavy atom. The van der Waals surface area contributed by atoms with Crippen molar-refractivity contribution in [3.8, 4) is 11.5 Å². The molecular weight excluding hydrogens is 232 g/mol. The number of rotatable bonds is 3. The van der Waals surface area contributed by atoms with Crippen molar-refractivity contribution < 1.29 is 19.4 Å². The summed E-state index contributed by atoms with van der Waals surface area (Å²) in [4.78, 5) is 10.9. The van der Waals surface area contributed by atoms with E-state index in [4.69, 9.17) is 14.6 Å². The molecule has 0 saturated heterocycles. The molecule has 2 rings (SSSR count). The Morgan fingerprint density at radius 2 is 2.11 bits per heavy atom. The van der Waals surface area contributed by atoms with Crippen molar-refractivity contribution in [1.82, 2.24) is 0 Å². The number of ether oxygens (including phenoxy) is 2. The standard InChI is InChI=1S/C14H18O4/c1-9(14(15)16)8-11-4-5-12-13(10(11)2)18-7-3-6-17-12/h4-5,9H,3,6-8H2,1-2H3,(H,15,16). The Kier molecular flexibility index (Phi) is 3.75. The van der Waals surface area contributed by atoms with E-state index in [9.17, 15) is 4.79 Å². The minimum atomic E-state index is -0.776. The molecule has 1 aliphatic heterocycles. The number of carboxylic acids is 1. The fraction of sp³-hybridized carbons (Fsp3) is 0.500. The van der Waals surface area contributed by atoms with E-state index in [0.29, 0.717) is 19.6 Å².